The number of anilines is 1. The molecule has 2 heterocycles. The van der Waals surface area contributed by atoms with Gasteiger partial charge in [-0.05, 0) is 35.7 Å². The van der Waals surface area contributed by atoms with E-state index in [1.54, 1.807) is 7.11 Å². The van der Waals surface area contributed by atoms with Crippen molar-refractivity contribution in [1.82, 2.24) is 9.97 Å². The van der Waals surface area contributed by atoms with Crippen molar-refractivity contribution in [3.8, 4) is 5.88 Å². The SMILES string of the molecule is COc1nc(N2CCCC2)nc(C)c1Br. The van der Waals surface area contributed by atoms with E-state index in [1.807, 2.05) is 6.92 Å². The van der Waals surface area contributed by atoms with Crippen molar-refractivity contribution in [2.45, 2.75) is 19.8 Å². The molecule has 0 spiro atoms. The van der Waals surface area contributed by atoms with Gasteiger partial charge in [0.1, 0.15) is 4.47 Å². The molecule has 2 rings (SSSR count). The zero-order chi connectivity index (χ0) is 10.8. The van der Waals surface area contributed by atoms with Gasteiger partial charge in [-0.25, -0.2) is 4.98 Å². The Balaban J connectivity index is 2.35. The Morgan fingerprint density at radius 2 is 1.93 bits per heavy atom. The number of rotatable bonds is 2. The van der Waals surface area contributed by atoms with Crippen LogP contribution in [0.15, 0.2) is 4.47 Å². The lowest BCUT2D eigenvalue weighted by Crippen LogP contribution is -2.21. The number of aromatic nitrogens is 2. The molecule has 0 unspecified atom stereocenters. The first-order valence-electron chi connectivity index (χ1n) is 5.05. The second-order valence-electron chi connectivity index (χ2n) is 3.63. The van der Waals surface area contributed by atoms with Crippen LogP contribution in [-0.2, 0) is 0 Å². The molecule has 0 aromatic carbocycles. The standard InChI is InChI=1S/C10H14BrN3O/c1-7-8(11)9(15-2)13-10(12-7)14-5-3-4-6-14/h3-6H2,1-2H3. The van der Waals surface area contributed by atoms with Gasteiger partial charge >= 0.3 is 0 Å². The van der Waals surface area contributed by atoms with Gasteiger partial charge in [-0.15, -0.1) is 0 Å². The number of hydrogen-bond acceptors (Lipinski definition) is 4. The average Bonchev–Trinajstić information content (AvgIpc) is 2.75. The Kier molecular flexibility index (Phi) is 3.09. The van der Waals surface area contributed by atoms with Crippen LogP contribution < -0.4 is 9.64 Å². The highest BCUT2D eigenvalue weighted by Crippen LogP contribution is 2.28. The Morgan fingerprint density at radius 1 is 1.27 bits per heavy atom. The Labute approximate surface area is 97.8 Å². The number of nitrogens with zero attached hydrogens (tertiary/aromatic N) is 3. The summed E-state index contributed by atoms with van der Waals surface area (Å²) in [4.78, 5) is 11.0. The molecule has 1 aromatic heterocycles. The van der Waals surface area contributed by atoms with Gasteiger partial charge in [0.15, 0.2) is 0 Å². The van der Waals surface area contributed by atoms with Crippen LogP contribution >= 0.6 is 15.9 Å². The molecule has 15 heavy (non-hydrogen) atoms. The molecule has 0 amide bonds. The summed E-state index contributed by atoms with van der Waals surface area (Å²) in [7, 11) is 1.63. The molecular formula is C10H14BrN3O. The monoisotopic (exact) mass is 271 g/mol. The van der Waals surface area contributed by atoms with E-state index in [4.69, 9.17) is 4.74 Å². The maximum absolute atomic E-state index is 5.20. The van der Waals surface area contributed by atoms with E-state index in [1.165, 1.54) is 12.8 Å². The number of hydrogen-bond donors (Lipinski definition) is 0. The highest BCUT2D eigenvalue weighted by Gasteiger charge is 2.18. The molecule has 0 bridgehead atoms. The van der Waals surface area contributed by atoms with E-state index in [-0.39, 0.29) is 0 Å². The number of methoxy groups -OCH3 is 1. The van der Waals surface area contributed by atoms with E-state index in [0.717, 1.165) is 29.2 Å². The van der Waals surface area contributed by atoms with Gasteiger partial charge in [0.2, 0.25) is 11.8 Å². The molecule has 1 aromatic rings. The minimum Gasteiger partial charge on any atom is -0.480 e. The maximum atomic E-state index is 5.20. The van der Waals surface area contributed by atoms with E-state index >= 15 is 0 Å². The van der Waals surface area contributed by atoms with Gasteiger partial charge in [-0.2, -0.15) is 4.98 Å². The first kappa shape index (κ1) is 10.7. The first-order chi connectivity index (χ1) is 7.22. The molecular weight excluding hydrogens is 258 g/mol. The van der Waals surface area contributed by atoms with Gasteiger partial charge in [-0.3, -0.25) is 0 Å². The summed E-state index contributed by atoms with van der Waals surface area (Å²) in [6.45, 7) is 4.04. The van der Waals surface area contributed by atoms with E-state index in [0.29, 0.717) is 5.88 Å². The normalized spacial score (nSPS) is 15.8. The lowest BCUT2D eigenvalue weighted by atomic mass is 10.4. The lowest BCUT2D eigenvalue weighted by Gasteiger charge is -2.16. The van der Waals surface area contributed by atoms with E-state index < -0.39 is 0 Å². The second-order valence-corrected chi connectivity index (χ2v) is 4.42. The van der Waals surface area contributed by atoms with Crippen molar-refractivity contribution in [2.75, 3.05) is 25.1 Å². The summed E-state index contributed by atoms with van der Waals surface area (Å²) < 4.78 is 6.04. The molecule has 82 valence electrons. The largest absolute Gasteiger partial charge is 0.480 e. The van der Waals surface area contributed by atoms with Crippen molar-refractivity contribution < 1.29 is 4.74 Å². The Hall–Kier alpha value is -0.840. The molecule has 0 saturated carbocycles. The molecule has 0 aliphatic carbocycles. The summed E-state index contributed by atoms with van der Waals surface area (Å²) in [5, 5.41) is 0. The van der Waals surface area contributed by atoms with E-state index in [2.05, 4.69) is 30.8 Å². The van der Waals surface area contributed by atoms with Crippen LogP contribution in [0.5, 0.6) is 5.88 Å². The number of halogens is 1. The van der Waals surface area contributed by atoms with Gasteiger partial charge in [0, 0.05) is 13.1 Å². The van der Waals surface area contributed by atoms with Gasteiger partial charge < -0.3 is 9.64 Å². The average molecular weight is 272 g/mol. The molecule has 1 saturated heterocycles. The Bertz CT molecular complexity index is 364. The van der Waals surface area contributed by atoms with Gasteiger partial charge in [0.25, 0.3) is 0 Å². The first-order valence-corrected chi connectivity index (χ1v) is 5.84. The molecule has 1 aliphatic rings. The lowest BCUT2D eigenvalue weighted by molar-refractivity contribution is 0.393. The smallest absolute Gasteiger partial charge is 0.232 e. The highest BCUT2D eigenvalue weighted by molar-refractivity contribution is 9.10. The molecule has 4 nitrogen and oxygen atoms in total. The third-order valence-electron chi connectivity index (χ3n) is 2.56. The number of ether oxygens (including phenoxy) is 1. The molecule has 5 heteroatoms. The fourth-order valence-electron chi connectivity index (χ4n) is 1.71. The van der Waals surface area contributed by atoms with E-state index in [9.17, 15) is 0 Å². The predicted molar refractivity (Wildman–Crippen MR) is 62.5 cm³/mol. The fraction of sp³-hybridized carbons (Fsp3) is 0.600. The summed E-state index contributed by atoms with van der Waals surface area (Å²) >= 11 is 3.41. The van der Waals surface area contributed by atoms with Crippen LogP contribution in [0.25, 0.3) is 0 Å². The zero-order valence-corrected chi connectivity index (χ0v) is 10.5. The third-order valence-corrected chi connectivity index (χ3v) is 3.47. The van der Waals surface area contributed by atoms with Gasteiger partial charge in [0.05, 0.1) is 12.8 Å². The number of aryl methyl sites for hydroxylation is 1. The van der Waals surface area contributed by atoms with Crippen molar-refractivity contribution in [1.29, 1.82) is 0 Å². The van der Waals surface area contributed by atoms with Crippen LogP contribution in [-0.4, -0.2) is 30.2 Å². The van der Waals surface area contributed by atoms with Crippen LogP contribution in [0.2, 0.25) is 0 Å². The minimum absolute atomic E-state index is 0.615. The molecule has 1 aliphatic heterocycles. The van der Waals surface area contributed by atoms with Crippen molar-refractivity contribution in [3.05, 3.63) is 10.2 Å². The second kappa shape index (κ2) is 4.35. The highest BCUT2D eigenvalue weighted by atomic mass is 79.9. The maximum Gasteiger partial charge on any atom is 0.232 e. The van der Waals surface area contributed by atoms with Gasteiger partial charge in [-0.1, -0.05) is 0 Å². The van der Waals surface area contributed by atoms with Crippen LogP contribution in [0.1, 0.15) is 18.5 Å². The molecule has 0 atom stereocenters. The topological polar surface area (TPSA) is 38.2 Å². The zero-order valence-electron chi connectivity index (χ0n) is 8.96. The predicted octanol–water partition coefficient (Wildman–Crippen LogP) is 2.16. The molecule has 1 fully saturated rings. The fourth-order valence-corrected chi connectivity index (χ4v) is 2.05. The summed E-state index contributed by atoms with van der Waals surface area (Å²) in [5.41, 5.74) is 0.920. The quantitative estimate of drug-likeness (QED) is 0.827. The van der Waals surface area contributed by atoms with Crippen molar-refractivity contribution in [2.24, 2.45) is 0 Å². The minimum atomic E-state index is 0.615. The van der Waals surface area contributed by atoms with Crippen LogP contribution in [0.4, 0.5) is 5.95 Å². The third kappa shape index (κ3) is 2.07. The van der Waals surface area contributed by atoms with Crippen molar-refractivity contribution in [3.63, 3.8) is 0 Å². The summed E-state index contributed by atoms with van der Waals surface area (Å²) in [5.74, 6) is 1.40. The molecule has 0 N–H and O–H groups in total. The van der Waals surface area contributed by atoms with Crippen LogP contribution in [0.3, 0.4) is 0 Å². The van der Waals surface area contributed by atoms with Crippen LogP contribution in [0, 0.1) is 6.92 Å². The Morgan fingerprint density at radius 3 is 2.53 bits per heavy atom. The molecule has 0 radical (unpaired) electrons. The van der Waals surface area contributed by atoms with Crippen molar-refractivity contribution >= 4 is 21.9 Å². The summed E-state index contributed by atoms with van der Waals surface area (Å²) in [6.07, 6.45) is 2.45. The summed E-state index contributed by atoms with van der Waals surface area (Å²) in [6, 6.07) is 0.